The molecule has 1 fully saturated rings. The van der Waals surface area contributed by atoms with E-state index in [9.17, 15) is 9.59 Å². The second-order valence-electron chi connectivity index (χ2n) is 8.60. The Morgan fingerprint density at radius 3 is 2.47 bits per heavy atom. The number of carbonyl (C=O) groups is 2. The van der Waals surface area contributed by atoms with E-state index in [1.54, 1.807) is 4.90 Å². The lowest BCUT2D eigenvalue weighted by Gasteiger charge is -2.30. The van der Waals surface area contributed by atoms with Crippen LogP contribution in [-0.2, 0) is 22.4 Å². The molecule has 0 spiro atoms. The standard InChI is InChI=1S/C26H34N2O2/c1-19-13-14-20(2)23(17-19)18-25(29)28(16-15-22-9-5-4-6-10-22)21(3)26(30)27-24-11-7-8-12-24/h4-6,9-10,13-14,17,21,24H,7-8,11-12,15-16,18H2,1-3H3,(H,27,30). The molecule has 1 unspecified atom stereocenters. The molecule has 4 nitrogen and oxygen atoms in total. The lowest BCUT2D eigenvalue weighted by atomic mass is 10.0. The second kappa shape index (κ2) is 10.4. The van der Waals surface area contributed by atoms with Crippen LogP contribution in [0.5, 0.6) is 0 Å². The lowest BCUT2D eigenvalue weighted by Crippen LogP contribution is -2.51. The van der Waals surface area contributed by atoms with Gasteiger partial charge < -0.3 is 10.2 Å². The summed E-state index contributed by atoms with van der Waals surface area (Å²) in [6, 6.07) is 16.1. The molecule has 0 aliphatic heterocycles. The average molecular weight is 407 g/mol. The number of carbonyl (C=O) groups excluding carboxylic acids is 2. The van der Waals surface area contributed by atoms with Crippen LogP contribution in [0.3, 0.4) is 0 Å². The summed E-state index contributed by atoms with van der Waals surface area (Å²) in [7, 11) is 0. The van der Waals surface area contributed by atoms with Crippen LogP contribution in [0, 0.1) is 13.8 Å². The van der Waals surface area contributed by atoms with Crippen LogP contribution in [0.15, 0.2) is 48.5 Å². The summed E-state index contributed by atoms with van der Waals surface area (Å²) in [5.41, 5.74) is 4.46. The first kappa shape index (κ1) is 22.1. The molecule has 0 bridgehead atoms. The van der Waals surface area contributed by atoms with E-state index >= 15 is 0 Å². The highest BCUT2D eigenvalue weighted by Gasteiger charge is 2.28. The molecular formula is C26H34N2O2. The Morgan fingerprint density at radius 1 is 1.07 bits per heavy atom. The van der Waals surface area contributed by atoms with Gasteiger partial charge in [-0.2, -0.15) is 0 Å². The maximum absolute atomic E-state index is 13.3. The van der Waals surface area contributed by atoms with Crippen molar-refractivity contribution >= 4 is 11.8 Å². The molecule has 0 radical (unpaired) electrons. The Morgan fingerprint density at radius 2 is 1.77 bits per heavy atom. The molecule has 1 aliphatic carbocycles. The van der Waals surface area contributed by atoms with E-state index in [0.29, 0.717) is 13.0 Å². The van der Waals surface area contributed by atoms with E-state index in [1.807, 2.05) is 39.0 Å². The van der Waals surface area contributed by atoms with Crippen molar-refractivity contribution in [1.29, 1.82) is 0 Å². The Kier molecular flexibility index (Phi) is 7.67. The van der Waals surface area contributed by atoms with Crippen LogP contribution >= 0.6 is 0 Å². The monoisotopic (exact) mass is 406 g/mol. The molecule has 2 aromatic rings. The number of benzene rings is 2. The van der Waals surface area contributed by atoms with Crippen LogP contribution < -0.4 is 5.32 Å². The van der Waals surface area contributed by atoms with Gasteiger partial charge in [0.2, 0.25) is 11.8 Å². The Hall–Kier alpha value is -2.62. The number of nitrogens with zero attached hydrogens (tertiary/aromatic N) is 1. The predicted molar refractivity (Wildman–Crippen MR) is 121 cm³/mol. The van der Waals surface area contributed by atoms with Crippen molar-refractivity contribution < 1.29 is 9.59 Å². The Bertz CT molecular complexity index is 857. The smallest absolute Gasteiger partial charge is 0.242 e. The zero-order chi connectivity index (χ0) is 21.5. The quantitative estimate of drug-likeness (QED) is 0.708. The molecule has 4 heteroatoms. The minimum Gasteiger partial charge on any atom is -0.352 e. The molecule has 0 saturated heterocycles. The molecule has 30 heavy (non-hydrogen) atoms. The van der Waals surface area contributed by atoms with E-state index in [1.165, 1.54) is 18.4 Å². The van der Waals surface area contributed by atoms with Crippen molar-refractivity contribution in [3.8, 4) is 0 Å². The predicted octanol–water partition coefficient (Wildman–Crippen LogP) is 4.36. The third-order valence-corrected chi connectivity index (χ3v) is 6.20. The maximum Gasteiger partial charge on any atom is 0.242 e. The van der Waals surface area contributed by atoms with Gasteiger partial charge in [-0.3, -0.25) is 9.59 Å². The van der Waals surface area contributed by atoms with Crippen molar-refractivity contribution in [2.24, 2.45) is 0 Å². The van der Waals surface area contributed by atoms with Crippen LogP contribution in [0.25, 0.3) is 0 Å². The highest BCUT2D eigenvalue weighted by atomic mass is 16.2. The normalized spacial score (nSPS) is 15.0. The van der Waals surface area contributed by atoms with E-state index in [0.717, 1.165) is 36.0 Å². The van der Waals surface area contributed by atoms with Gasteiger partial charge in [-0.05, 0) is 56.7 Å². The van der Waals surface area contributed by atoms with Crippen LogP contribution in [0.4, 0.5) is 0 Å². The molecule has 1 N–H and O–H groups in total. The topological polar surface area (TPSA) is 49.4 Å². The van der Waals surface area contributed by atoms with Crippen LogP contribution in [0.1, 0.15) is 54.9 Å². The summed E-state index contributed by atoms with van der Waals surface area (Å²) < 4.78 is 0. The molecular weight excluding hydrogens is 372 g/mol. The molecule has 0 heterocycles. The van der Waals surface area contributed by atoms with Gasteiger partial charge in [0.05, 0.1) is 6.42 Å². The van der Waals surface area contributed by atoms with Gasteiger partial charge in [0.1, 0.15) is 6.04 Å². The maximum atomic E-state index is 13.3. The summed E-state index contributed by atoms with van der Waals surface area (Å²) in [6.45, 7) is 6.47. The third kappa shape index (κ3) is 5.94. The first-order valence-corrected chi connectivity index (χ1v) is 11.1. The van der Waals surface area contributed by atoms with Gasteiger partial charge in [-0.25, -0.2) is 0 Å². The number of aryl methyl sites for hydroxylation is 2. The Balaban J connectivity index is 1.73. The minimum atomic E-state index is -0.480. The van der Waals surface area contributed by atoms with Gasteiger partial charge in [0.25, 0.3) is 0 Å². The number of nitrogens with one attached hydrogen (secondary N) is 1. The number of hydrogen-bond donors (Lipinski definition) is 1. The van der Waals surface area contributed by atoms with Crippen molar-refractivity contribution in [2.45, 2.75) is 71.4 Å². The minimum absolute atomic E-state index is 0.00806. The molecule has 1 aliphatic rings. The number of amides is 2. The number of rotatable bonds is 8. The van der Waals surface area contributed by atoms with E-state index in [2.05, 4.69) is 35.6 Å². The summed E-state index contributed by atoms with van der Waals surface area (Å²) in [6.07, 6.45) is 5.48. The average Bonchev–Trinajstić information content (AvgIpc) is 3.24. The van der Waals surface area contributed by atoms with Gasteiger partial charge in [-0.15, -0.1) is 0 Å². The molecule has 2 aromatic carbocycles. The Labute approximate surface area is 180 Å². The summed E-state index contributed by atoms with van der Waals surface area (Å²) in [5.74, 6) is -0.0296. The van der Waals surface area contributed by atoms with Crippen molar-refractivity contribution in [1.82, 2.24) is 10.2 Å². The van der Waals surface area contributed by atoms with Gasteiger partial charge in [0, 0.05) is 12.6 Å². The molecule has 3 rings (SSSR count). The molecule has 1 saturated carbocycles. The van der Waals surface area contributed by atoms with E-state index < -0.39 is 6.04 Å². The number of hydrogen-bond acceptors (Lipinski definition) is 2. The van der Waals surface area contributed by atoms with Gasteiger partial charge >= 0.3 is 0 Å². The molecule has 1 atom stereocenters. The summed E-state index contributed by atoms with van der Waals surface area (Å²) >= 11 is 0. The largest absolute Gasteiger partial charge is 0.352 e. The third-order valence-electron chi connectivity index (χ3n) is 6.20. The lowest BCUT2D eigenvalue weighted by molar-refractivity contribution is -0.139. The van der Waals surface area contributed by atoms with Crippen molar-refractivity contribution in [3.05, 3.63) is 70.8 Å². The zero-order valence-electron chi connectivity index (χ0n) is 18.5. The van der Waals surface area contributed by atoms with E-state index in [-0.39, 0.29) is 17.9 Å². The fourth-order valence-corrected chi connectivity index (χ4v) is 4.22. The fourth-order valence-electron chi connectivity index (χ4n) is 4.22. The van der Waals surface area contributed by atoms with E-state index in [4.69, 9.17) is 0 Å². The molecule has 160 valence electrons. The first-order valence-electron chi connectivity index (χ1n) is 11.1. The summed E-state index contributed by atoms with van der Waals surface area (Å²) in [5, 5.41) is 3.16. The fraction of sp³-hybridized carbons (Fsp3) is 0.462. The molecule has 0 aromatic heterocycles. The molecule has 2 amide bonds. The van der Waals surface area contributed by atoms with Crippen LogP contribution in [-0.4, -0.2) is 35.3 Å². The van der Waals surface area contributed by atoms with Gasteiger partial charge in [-0.1, -0.05) is 66.9 Å². The highest BCUT2D eigenvalue weighted by Crippen LogP contribution is 2.19. The highest BCUT2D eigenvalue weighted by molar-refractivity contribution is 5.88. The van der Waals surface area contributed by atoms with Crippen molar-refractivity contribution in [2.75, 3.05) is 6.54 Å². The summed E-state index contributed by atoms with van der Waals surface area (Å²) in [4.78, 5) is 28.0. The zero-order valence-corrected chi connectivity index (χ0v) is 18.5. The first-order chi connectivity index (χ1) is 14.4. The second-order valence-corrected chi connectivity index (χ2v) is 8.60. The SMILES string of the molecule is Cc1ccc(C)c(CC(=O)N(CCc2ccccc2)C(C)C(=O)NC2CCCC2)c1. The van der Waals surface area contributed by atoms with Crippen LogP contribution in [0.2, 0.25) is 0 Å². The van der Waals surface area contributed by atoms with Crippen molar-refractivity contribution in [3.63, 3.8) is 0 Å². The van der Waals surface area contributed by atoms with Gasteiger partial charge in [0.15, 0.2) is 0 Å².